The minimum Gasteiger partial charge on any atom is -0.465 e. The third-order valence-corrected chi connectivity index (χ3v) is 3.51. The third kappa shape index (κ3) is 2.32. The monoisotopic (exact) mass is 293 g/mol. The molecule has 0 spiro atoms. The predicted octanol–water partition coefficient (Wildman–Crippen LogP) is 1.48. The van der Waals surface area contributed by atoms with Crippen molar-refractivity contribution in [1.82, 2.24) is 19.9 Å². The normalized spacial score (nSPS) is 15.7. The van der Waals surface area contributed by atoms with Crippen molar-refractivity contribution in [3.8, 4) is 0 Å². The number of anilines is 1. The number of piperazine rings is 1. The molecule has 0 aliphatic carbocycles. The second-order valence-corrected chi connectivity index (χ2v) is 4.82. The van der Waals surface area contributed by atoms with E-state index in [-0.39, 0.29) is 0 Å². The molecule has 0 atom stereocenters. The van der Waals surface area contributed by atoms with E-state index in [1.165, 1.54) is 4.90 Å². The first kappa shape index (κ1) is 12.9. The van der Waals surface area contributed by atoms with Gasteiger partial charge in [0.1, 0.15) is 5.52 Å². The van der Waals surface area contributed by atoms with E-state index in [0.29, 0.717) is 42.7 Å². The van der Waals surface area contributed by atoms with Crippen molar-refractivity contribution in [2.24, 2.45) is 0 Å². The summed E-state index contributed by atoms with van der Waals surface area (Å²) in [7, 11) is 0. The van der Waals surface area contributed by atoms with E-state index in [0.717, 1.165) is 5.52 Å². The Morgan fingerprint density at radius 2 is 1.95 bits per heavy atom. The molecule has 0 aromatic carbocycles. The van der Waals surface area contributed by atoms with E-state index in [2.05, 4.69) is 15.0 Å². The maximum atomic E-state index is 10.9. The van der Waals surface area contributed by atoms with Crippen LogP contribution in [-0.4, -0.2) is 57.2 Å². The fourth-order valence-corrected chi connectivity index (χ4v) is 2.44. The van der Waals surface area contributed by atoms with Gasteiger partial charge in [-0.05, 0) is 6.07 Å². The van der Waals surface area contributed by atoms with Gasteiger partial charge in [0, 0.05) is 32.4 Å². The van der Waals surface area contributed by atoms with Crippen LogP contribution in [0.1, 0.15) is 0 Å². The van der Waals surface area contributed by atoms with Gasteiger partial charge in [0.05, 0.1) is 11.7 Å². The summed E-state index contributed by atoms with van der Waals surface area (Å²) < 4.78 is 0. The Morgan fingerprint density at radius 1 is 1.20 bits per heavy atom. The molecule has 1 aliphatic heterocycles. The molecule has 3 rings (SSSR count). The van der Waals surface area contributed by atoms with Crippen molar-refractivity contribution in [1.29, 1.82) is 0 Å². The number of hydrogen-bond acceptors (Lipinski definition) is 5. The maximum Gasteiger partial charge on any atom is 0.407 e. The number of carbonyl (C=O) groups is 1. The van der Waals surface area contributed by atoms with Crippen molar-refractivity contribution in [2.75, 3.05) is 31.1 Å². The molecule has 0 unspecified atom stereocenters. The quantitative estimate of drug-likeness (QED) is 0.857. The molecule has 1 saturated heterocycles. The van der Waals surface area contributed by atoms with E-state index < -0.39 is 6.09 Å². The fourth-order valence-electron chi connectivity index (χ4n) is 2.19. The molecule has 7 nitrogen and oxygen atoms in total. The van der Waals surface area contributed by atoms with Crippen molar-refractivity contribution < 1.29 is 9.90 Å². The Balaban J connectivity index is 1.87. The number of halogens is 1. The number of rotatable bonds is 1. The highest BCUT2D eigenvalue weighted by atomic mass is 35.5. The Labute approximate surface area is 119 Å². The van der Waals surface area contributed by atoms with Gasteiger partial charge in [-0.25, -0.2) is 14.8 Å². The van der Waals surface area contributed by atoms with Crippen molar-refractivity contribution in [3.63, 3.8) is 0 Å². The number of aromatic nitrogens is 3. The molecule has 104 valence electrons. The molecule has 1 fully saturated rings. The highest BCUT2D eigenvalue weighted by Gasteiger charge is 2.23. The first-order valence-corrected chi connectivity index (χ1v) is 6.53. The number of nitrogens with zero attached hydrogens (tertiary/aromatic N) is 5. The summed E-state index contributed by atoms with van der Waals surface area (Å²) in [5, 5.41) is 9.25. The molecule has 1 amide bonds. The molecule has 3 heterocycles. The van der Waals surface area contributed by atoms with Crippen LogP contribution in [0.2, 0.25) is 5.15 Å². The Hall–Kier alpha value is -2.15. The second kappa shape index (κ2) is 5.09. The SMILES string of the molecule is O=C(O)N1CCN(c2nc3ccncc3nc2Cl)CC1. The van der Waals surface area contributed by atoms with E-state index in [4.69, 9.17) is 16.7 Å². The number of carboxylic acid groups (broad SMARTS) is 1. The molecule has 2 aromatic rings. The van der Waals surface area contributed by atoms with Crippen molar-refractivity contribution in [3.05, 3.63) is 23.6 Å². The van der Waals surface area contributed by atoms with Gasteiger partial charge in [0.25, 0.3) is 0 Å². The number of fused-ring (bicyclic) bond motifs is 1. The molecule has 20 heavy (non-hydrogen) atoms. The molecule has 2 aromatic heterocycles. The Bertz CT molecular complexity index is 657. The van der Waals surface area contributed by atoms with Gasteiger partial charge in [-0.1, -0.05) is 11.6 Å². The highest BCUT2D eigenvalue weighted by Crippen LogP contribution is 2.25. The van der Waals surface area contributed by atoms with Gasteiger partial charge in [0.2, 0.25) is 0 Å². The smallest absolute Gasteiger partial charge is 0.407 e. The molecule has 0 saturated carbocycles. The lowest BCUT2D eigenvalue weighted by molar-refractivity contribution is 0.142. The Kier molecular flexibility index (Phi) is 3.27. The van der Waals surface area contributed by atoms with Gasteiger partial charge in [-0.3, -0.25) is 4.98 Å². The van der Waals surface area contributed by atoms with Crippen LogP contribution in [0, 0.1) is 0 Å². The standard InChI is InChI=1S/C12H12ClN5O2/c13-10-11(16-8-1-2-14-7-9(8)15-10)17-3-5-18(6-4-17)12(19)20/h1-2,7H,3-6H2,(H,19,20). The van der Waals surface area contributed by atoms with Crippen LogP contribution in [0.4, 0.5) is 10.6 Å². The van der Waals surface area contributed by atoms with Crippen LogP contribution in [0.5, 0.6) is 0 Å². The van der Waals surface area contributed by atoms with E-state index in [1.807, 2.05) is 4.90 Å². The van der Waals surface area contributed by atoms with Crippen LogP contribution in [0.25, 0.3) is 11.0 Å². The summed E-state index contributed by atoms with van der Waals surface area (Å²) in [6.45, 7) is 1.97. The first-order chi connectivity index (χ1) is 9.65. The zero-order chi connectivity index (χ0) is 14.1. The summed E-state index contributed by atoms with van der Waals surface area (Å²) in [6, 6.07) is 1.77. The minimum atomic E-state index is -0.897. The van der Waals surface area contributed by atoms with Crippen LogP contribution in [0.3, 0.4) is 0 Å². The van der Waals surface area contributed by atoms with E-state index >= 15 is 0 Å². The first-order valence-electron chi connectivity index (χ1n) is 6.15. The number of pyridine rings is 1. The van der Waals surface area contributed by atoms with Crippen LogP contribution >= 0.6 is 11.6 Å². The minimum absolute atomic E-state index is 0.314. The number of amides is 1. The van der Waals surface area contributed by atoms with E-state index in [9.17, 15) is 4.79 Å². The highest BCUT2D eigenvalue weighted by molar-refractivity contribution is 6.32. The summed E-state index contributed by atoms with van der Waals surface area (Å²) in [4.78, 5) is 27.0. The summed E-state index contributed by atoms with van der Waals surface area (Å²) in [5.74, 6) is 0.593. The zero-order valence-corrected chi connectivity index (χ0v) is 11.3. The average Bonchev–Trinajstić information content (AvgIpc) is 2.46. The fraction of sp³-hybridized carbons (Fsp3) is 0.333. The van der Waals surface area contributed by atoms with Gasteiger partial charge in [-0.2, -0.15) is 0 Å². The van der Waals surface area contributed by atoms with Crippen LogP contribution in [-0.2, 0) is 0 Å². The topological polar surface area (TPSA) is 82.5 Å². The molecule has 0 radical (unpaired) electrons. The molecular weight excluding hydrogens is 282 g/mol. The molecular formula is C12H12ClN5O2. The third-order valence-electron chi connectivity index (χ3n) is 3.26. The summed E-state index contributed by atoms with van der Waals surface area (Å²) >= 11 is 6.16. The summed E-state index contributed by atoms with van der Waals surface area (Å²) in [6.07, 6.45) is 2.36. The lowest BCUT2D eigenvalue weighted by atomic mass is 10.3. The molecule has 8 heteroatoms. The maximum absolute atomic E-state index is 10.9. The number of hydrogen-bond donors (Lipinski definition) is 1. The molecule has 1 N–H and O–H groups in total. The van der Waals surface area contributed by atoms with Crippen molar-refractivity contribution >= 4 is 34.5 Å². The van der Waals surface area contributed by atoms with Gasteiger partial charge >= 0.3 is 6.09 Å². The molecule has 1 aliphatic rings. The Morgan fingerprint density at radius 3 is 2.65 bits per heavy atom. The summed E-state index contributed by atoms with van der Waals surface area (Å²) in [5.41, 5.74) is 1.37. The zero-order valence-electron chi connectivity index (χ0n) is 10.5. The lowest BCUT2D eigenvalue weighted by Gasteiger charge is -2.34. The second-order valence-electron chi connectivity index (χ2n) is 4.46. The molecule has 0 bridgehead atoms. The largest absolute Gasteiger partial charge is 0.465 e. The van der Waals surface area contributed by atoms with Gasteiger partial charge in [-0.15, -0.1) is 0 Å². The van der Waals surface area contributed by atoms with Gasteiger partial charge < -0.3 is 14.9 Å². The van der Waals surface area contributed by atoms with Crippen molar-refractivity contribution in [2.45, 2.75) is 0 Å². The lowest BCUT2D eigenvalue weighted by Crippen LogP contribution is -2.48. The van der Waals surface area contributed by atoms with Gasteiger partial charge in [0.15, 0.2) is 11.0 Å². The predicted molar refractivity (Wildman–Crippen MR) is 74.2 cm³/mol. The van der Waals surface area contributed by atoms with Crippen LogP contribution < -0.4 is 4.90 Å². The average molecular weight is 294 g/mol. The van der Waals surface area contributed by atoms with Crippen LogP contribution in [0.15, 0.2) is 18.5 Å². The van der Waals surface area contributed by atoms with E-state index in [1.54, 1.807) is 18.5 Å².